The van der Waals surface area contributed by atoms with Crippen LogP contribution < -0.4 is 11.1 Å². The summed E-state index contributed by atoms with van der Waals surface area (Å²) in [5.41, 5.74) is 7.39. The average Bonchev–Trinajstić information content (AvgIpc) is 2.42. The summed E-state index contributed by atoms with van der Waals surface area (Å²) in [4.78, 5) is 12.0. The van der Waals surface area contributed by atoms with Crippen molar-refractivity contribution in [3.63, 3.8) is 0 Å². The molecule has 1 atom stereocenters. The van der Waals surface area contributed by atoms with Crippen molar-refractivity contribution in [2.45, 2.75) is 51.5 Å². The summed E-state index contributed by atoms with van der Waals surface area (Å²) in [6, 6.07) is 7.81. The molecule has 0 saturated heterocycles. The van der Waals surface area contributed by atoms with Gasteiger partial charge < -0.3 is 11.1 Å². The molecule has 0 unspecified atom stereocenters. The lowest BCUT2D eigenvalue weighted by molar-refractivity contribution is -0.121. The molecule has 1 aliphatic carbocycles. The Balaban J connectivity index is 1.81. The van der Waals surface area contributed by atoms with E-state index in [0.717, 1.165) is 11.3 Å². The maximum atomic E-state index is 12.0. The normalized spacial score (nSPS) is 17.9. The van der Waals surface area contributed by atoms with E-state index < -0.39 is 0 Å². The van der Waals surface area contributed by atoms with Crippen LogP contribution in [0.2, 0.25) is 0 Å². The van der Waals surface area contributed by atoms with Crippen molar-refractivity contribution in [2.75, 3.05) is 5.73 Å². The van der Waals surface area contributed by atoms with Crippen molar-refractivity contribution in [2.24, 2.45) is 5.92 Å². The van der Waals surface area contributed by atoms with Crippen LogP contribution in [0.5, 0.6) is 0 Å². The van der Waals surface area contributed by atoms with Gasteiger partial charge in [0.15, 0.2) is 0 Å². The molecule has 1 aromatic carbocycles. The summed E-state index contributed by atoms with van der Waals surface area (Å²) in [5, 5.41) is 3.14. The zero-order valence-electron chi connectivity index (χ0n) is 11.7. The summed E-state index contributed by atoms with van der Waals surface area (Å²) in [6.45, 7) is 2.14. The zero-order valence-corrected chi connectivity index (χ0v) is 11.7. The Morgan fingerprint density at radius 1 is 1.26 bits per heavy atom. The van der Waals surface area contributed by atoms with Gasteiger partial charge in [-0.1, -0.05) is 31.4 Å². The second-order valence-electron chi connectivity index (χ2n) is 5.67. The molecule has 1 aromatic rings. The van der Waals surface area contributed by atoms with Crippen LogP contribution in [-0.4, -0.2) is 11.9 Å². The Kier molecular flexibility index (Phi) is 4.83. The smallest absolute Gasteiger partial charge is 0.224 e. The first-order valence-corrected chi connectivity index (χ1v) is 7.29. The highest BCUT2D eigenvalue weighted by atomic mass is 16.1. The fraction of sp³-hybridized carbons (Fsp3) is 0.562. The highest BCUT2D eigenvalue weighted by Crippen LogP contribution is 2.26. The molecule has 3 heteroatoms. The number of carbonyl (C=O) groups is 1. The summed E-state index contributed by atoms with van der Waals surface area (Å²) < 4.78 is 0. The molecule has 104 valence electrons. The van der Waals surface area contributed by atoms with Gasteiger partial charge in [-0.25, -0.2) is 0 Å². The number of nitrogen functional groups attached to an aromatic ring is 1. The third-order valence-electron chi connectivity index (χ3n) is 4.09. The van der Waals surface area contributed by atoms with Gasteiger partial charge >= 0.3 is 0 Å². The SMILES string of the molecule is C[C@@H](NC(=O)Cc1ccc(N)cc1)C1CCCCC1. The fourth-order valence-corrected chi connectivity index (χ4v) is 2.88. The molecule has 0 heterocycles. The van der Waals surface area contributed by atoms with Crippen molar-refractivity contribution < 1.29 is 4.79 Å². The molecule has 0 bridgehead atoms. The van der Waals surface area contributed by atoms with Crippen molar-refractivity contribution in [3.8, 4) is 0 Å². The predicted molar refractivity (Wildman–Crippen MR) is 78.7 cm³/mol. The molecule has 1 aliphatic rings. The van der Waals surface area contributed by atoms with Crippen LogP contribution in [0.15, 0.2) is 24.3 Å². The zero-order chi connectivity index (χ0) is 13.7. The number of nitrogens with two attached hydrogens (primary N) is 1. The topological polar surface area (TPSA) is 55.1 Å². The Hall–Kier alpha value is -1.51. The van der Waals surface area contributed by atoms with Crippen LogP contribution in [-0.2, 0) is 11.2 Å². The van der Waals surface area contributed by atoms with Gasteiger partial charge in [0.2, 0.25) is 5.91 Å². The van der Waals surface area contributed by atoms with E-state index in [1.54, 1.807) is 0 Å². The molecule has 2 rings (SSSR count). The van der Waals surface area contributed by atoms with E-state index >= 15 is 0 Å². The largest absolute Gasteiger partial charge is 0.399 e. The Morgan fingerprint density at radius 3 is 2.53 bits per heavy atom. The first-order chi connectivity index (χ1) is 9.15. The summed E-state index contributed by atoms with van der Waals surface area (Å²) in [5.74, 6) is 0.770. The van der Waals surface area contributed by atoms with Crippen LogP contribution in [0.4, 0.5) is 5.69 Å². The maximum absolute atomic E-state index is 12.0. The molecule has 0 spiro atoms. The summed E-state index contributed by atoms with van der Waals surface area (Å²) in [7, 11) is 0. The van der Waals surface area contributed by atoms with Gasteiger partial charge in [0, 0.05) is 11.7 Å². The standard InChI is InChI=1S/C16H24N2O/c1-12(14-5-3-2-4-6-14)18-16(19)11-13-7-9-15(17)10-8-13/h7-10,12,14H,2-6,11,17H2,1H3,(H,18,19)/t12-/m1/s1. The third kappa shape index (κ3) is 4.27. The lowest BCUT2D eigenvalue weighted by atomic mass is 9.84. The van der Waals surface area contributed by atoms with E-state index in [9.17, 15) is 4.79 Å². The molecule has 19 heavy (non-hydrogen) atoms. The second-order valence-corrected chi connectivity index (χ2v) is 5.67. The minimum absolute atomic E-state index is 0.114. The van der Waals surface area contributed by atoms with Crippen LogP contribution in [0.1, 0.15) is 44.6 Å². The van der Waals surface area contributed by atoms with Crippen LogP contribution in [0.25, 0.3) is 0 Å². The second kappa shape index (κ2) is 6.60. The lowest BCUT2D eigenvalue weighted by Gasteiger charge is -2.28. The van der Waals surface area contributed by atoms with Gasteiger partial charge in [-0.2, -0.15) is 0 Å². The van der Waals surface area contributed by atoms with Gasteiger partial charge in [-0.05, 0) is 43.4 Å². The van der Waals surface area contributed by atoms with Gasteiger partial charge in [0.1, 0.15) is 0 Å². The molecule has 1 saturated carbocycles. The van der Waals surface area contributed by atoms with Crippen LogP contribution >= 0.6 is 0 Å². The molecule has 0 aliphatic heterocycles. The maximum Gasteiger partial charge on any atom is 0.224 e. The van der Waals surface area contributed by atoms with E-state index in [1.807, 2.05) is 24.3 Å². The number of anilines is 1. The minimum atomic E-state index is 0.114. The molecular weight excluding hydrogens is 236 g/mol. The molecule has 0 radical (unpaired) electrons. The predicted octanol–water partition coefficient (Wildman–Crippen LogP) is 2.90. The van der Waals surface area contributed by atoms with Crippen molar-refractivity contribution in [3.05, 3.63) is 29.8 Å². The number of rotatable bonds is 4. The molecular formula is C16H24N2O. The number of benzene rings is 1. The van der Waals surface area contributed by atoms with E-state index in [0.29, 0.717) is 18.4 Å². The number of hydrogen-bond donors (Lipinski definition) is 2. The summed E-state index contributed by atoms with van der Waals surface area (Å²) in [6.07, 6.45) is 6.91. The van der Waals surface area contributed by atoms with Gasteiger partial charge in [0.25, 0.3) is 0 Å². The van der Waals surface area contributed by atoms with Crippen molar-refractivity contribution >= 4 is 11.6 Å². The first kappa shape index (κ1) is 13.9. The monoisotopic (exact) mass is 260 g/mol. The quantitative estimate of drug-likeness (QED) is 0.818. The molecule has 0 aromatic heterocycles. The molecule has 3 N–H and O–H groups in total. The minimum Gasteiger partial charge on any atom is -0.399 e. The highest BCUT2D eigenvalue weighted by molar-refractivity contribution is 5.78. The molecule has 1 amide bonds. The van der Waals surface area contributed by atoms with E-state index in [2.05, 4.69) is 12.2 Å². The number of amides is 1. The Labute approximate surface area is 115 Å². The van der Waals surface area contributed by atoms with Gasteiger partial charge in [-0.3, -0.25) is 4.79 Å². The number of carbonyl (C=O) groups excluding carboxylic acids is 1. The number of hydrogen-bond acceptors (Lipinski definition) is 2. The van der Waals surface area contributed by atoms with Gasteiger partial charge in [0.05, 0.1) is 6.42 Å². The molecule has 3 nitrogen and oxygen atoms in total. The van der Waals surface area contributed by atoms with E-state index in [-0.39, 0.29) is 5.91 Å². The van der Waals surface area contributed by atoms with Crippen molar-refractivity contribution in [1.29, 1.82) is 0 Å². The van der Waals surface area contributed by atoms with E-state index in [4.69, 9.17) is 5.73 Å². The first-order valence-electron chi connectivity index (χ1n) is 7.29. The van der Waals surface area contributed by atoms with Crippen LogP contribution in [0.3, 0.4) is 0 Å². The van der Waals surface area contributed by atoms with Gasteiger partial charge in [-0.15, -0.1) is 0 Å². The third-order valence-corrected chi connectivity index (χ3v) is 4.09. The summed E-state index contributed by atoms with van der Waals surface area (Å²) >= 11 is 0. The van der Waals surface area contributed by atoms with Crippen molar-refractivity contribution in [1.82, 2.24) is 5.32 Å². The number of nitrogens with one attached hydrogen (secondary N) is 1. The van der Waals surface area contributed by atoms with E-state index in [1.165, 1.54) is 32.1 Å². The molecule has 1 fully saturated rings. The Morgan fingerprint density at radius 2 is 1.89 bits per heavy atom. The fourth-order valence-electron chi connectivity index (χ4n) is 2.88. The Bertz CT molecular complexity index is 407. The average molecular weight is 260 g/mol. The highest BCUT2D eigenvalue weighted by Gasteiger charge is 2.21. The van der Waals surface area contributed by atoms with Crippen LogP contribution in [0, 0.1) is 5.92 Å². The lowest BCUT2D eigenvalue weighted by Crippen LogP contribution is -2.39.